The molecule has 0 heterocycles. The number of ether oxygens (including phenoxy) is 1. The Bertz CT molecular complexity index is 579. The number of hydrogen-bond acceptors (Lipinski definition) is 3. The lowest BCUT2D eigenvalue weighted by Gasteiger charge is -2.09. The van der Waals surface area contributed by atoms with E-state index in [2.05, 4.69) is 5.32 Å². The van der Waals surface area contributed by atoms with Gasteiger partial charge in [0, 0.05) is 5.39 Å². The number of fused-ring (bicyclic) bond motifs is 1. The normalized spacial score (nSPS) is 10.5. The molecule has 0 aliphatic rings. The molecule has 0 spiro atoms. The summed E-state index contributed by atoms with van der Waals surface area (Å²) in [4.78, 5) is 11.8. The molecule has 112 valence electrons. The molecule has 0 saturated heterocycles. The third kappa shape index (κ3) is 4.76. The Kier molecular flexibility index (Phi) is 6.03. The van der Waals surface area contributed by atoms with Gasteiger partial charge in [0.05, 0.1) is 12.3 Å². The molecular weight excluding hydrogens is 264 g/mol. The minimum absolute atomic E-state index is 0.398. The third-order valence-corrected chi connectivity index (χ3v) is 3.36. The van der Waals surface area contributed by atoms with Gasteiger partial charge in [-0.05, 0) is 30.8 Å². The van der Waals surface area contributed by atoms with E-state index in [1.165, 1.54) is 0 Å². The summed E-state index contributed by atoms with van der Waals surface area (Å²) in [6.07, 6.45) is 3.64. The number of rotatable bonds is 7. The molecular formula is C17H22N2O2. The van der Waals surface area contributed by atoms with Crippen molar-refractivity contribution in [2.45, 2.75) is 25.7 Å². The number of hydrogen-bond donors (Lipinski definition) is 2. The Morgan fingerprint density at radius 1 is 1.00 bits per heavy atom. The van der Waals surface area contributed by atoms with Crippen LogP contribution in [0.15, 0.2) is 42.5 Å². The van der Waals surface area contributed by atoms with Gasteiger partial charge in [-0.25, -0.2) is 4.79 Å². The van der Waals surface area contributed by atoms with E-state index in [-0.39, 0.29) is 0 Å². The predicted octanol–water partition coefficient (Wildman–Crippen LogP) is 3.91. The first-order chi connectivity index (χ1) is 10.3. The summed E-state index contributed by atoms with van der Waals surface area (Å²) in [5, 5.41) is 4.91. The molecule has 0 fully saturated rings. The van der Waals surface area contributed by atoms with Crippen LogP contribution in [0, 0.1) is 0 Å². The van der Waals surface area contributed by atoms with Gasteiger partial charge in [-0.2, -0.15) is 0 Å². The van der Waals surface area contributed by atoms with Crippen molar-refractivity contribution < 1.29 is 9.53 Å². The number of anilines is 1. The Morgan fingerprint density at radius 2 is 1.76 bits per heavy atom. The first kappa shape index (κ1) is 15.3. The number of carbonyl (C=O) groups is 1. The average molecular weight is 286 g/mol. The molecule has 0 saturated carbocycles. The molecule has 2 rings (SSSR count). The van der Waals surface area contributed by atoms with Crippen molar-refractivity contribution >= 4 is 22.6 Å². The van der Waals surface area contributed by atoms with Gasteiger partial charge in [-0.15, -0.1) is 0 Å². The Balaban J connectivity index is 1.82. The van der Waals surface area contributed by atoms with Crippen LogP contribution in [-0.4, -0.2) is 19.2 Å². The minimum atomic E-state index is -0.398. The monoisotopic (exact) mass is 286 g/mol. The van der Waals surface area contributed by atoms with Gasteiger partial charge < -0.3 is 10.5 Å². The highest BCUT2D eigenvalue weighted by atomic mass is 16.5. The maximum atomic E-state index is 11.8. The SMILES string of the molecule is NCCCCCCOC(=O)Nc1cccc2ccccc12. The van der Waals surface area contributed by atoms with E-state index in [1.54, 1.807) is 0 Å². The lowest BCUT2D eigenvalue weighted by molar-refractivity contribution is 0.159. The van der Waals surface area contributed by atoms with Crippen LogP contribution in [0.1, 0.15) is 25.7 Å². The quantitative estimate of drug-likeness (QED) is 0.758. The van der Waals surface area contributed by atoms with Gasteiger partial charge in [-0.3, -0.25) is 5.32 Å². The van der Waals surface area contributed by atoms with Crippen molar-refractivity contribution in [3.63, 3.8) is 0 Å². The molecule has 0 aliphatic heterocycles. The number of carbonyl (C=O) groups excluding carboxylic acids is 1. The second-order valence-corrected chi connectivity index (χ2v) is 4.99. The molecule has 0 atom stereocenters. The number of unbranched alkanes of at least 4 members (excludes halogenated alkanes) is 3. The van der Waals surface area contributed by atoms with E-state index in [1.807, 2.05) is 42.5 Å². The zero-order chi connectivity index (χ0) is 14.9. The van der Waals surface area contributed by atoms with Crippen LogP contribution in [0.25, 0.3) is 10.8 Å². The molecule has 21 heavy (non-hydrogen) atoms. The first-order valence-electron chi connectivity index (χ1n) is 7.43. The highest BCUT2D eigenvalue weighted by Crippen LogP contribution is 2.22. The molecule has 4 nitrogen and oxygen atoms in total. The van der Waals surface area contributed by atoms with Crippen molar-refractivity contribution in [3.8, 4) is 0 Å². The number of nitrogens with one attached hydrogen (secondary N) is 1. The summed E-state index contributed by atoms with van der Waals surface area (Å²) < 4.78 is 5.19. The summed E-state index contributed by atoms with van der Waals surface area (Å²) in [5.74, 6) is 0. The second-order valence-electron chi connectivity index (χ2n) is 4.99. The van der Waals surface area contributed by atoms with Crippen molar-refractivity contribution in [1.29, 1.82) is 0 Å². The molecule has 0 aromatic heterocycles. The van der Waals surface area contributed by atoms with Crippen LogP contribution in [0.2, 0.25) is 0 Å². The zero-order valence-corrected chi connectivity index (χ0v) is 12.2. The topological polar surface area (TPSA) is 64.3 Å². The maximum Gasteiger partial charge on any atom is 0.411 e. The fraction of sp³-hybridized carbons (Fsp3) is 0.353. The summed E-state index contributed by atoms with van der Waals surface area (Å²) in [6, 6.07) is 13.8. The van der Waals surface area contributed by atoms with E-state index in [0.717, 1.165) is 48.7 Å². The molecule has 0 aliphatic carbocycles. The number of nitrogens with two attached hydrogens (primary N) is 1. The van der Waals surface area contributed by atoms with Crippen molar-refractivity contribution in [2.75, 3.05) is 18.5 Å². The van der Waals surface area contributed by atoms with Gasteiger partial charge in [0.25, 0.3) is 0 Å². The van der Waals surface area contributed by atoms with Crippen LogP contribution < -0.4 is 11.1 Å². The van der Waals surface area contributed by atoms with Crippen LogP contribution in [0.4, 0.5) is 10.5 Å². The summed E-state index contributed by atoms with van der Waals surface area (Å²) in [7, 11) is 0. The second kappa shape index (κ2) is 8.27. The van der Waals surface area contributed by atoms with Crippen LogP contribution in [0.3, 0.4) is 0 Å². The number of amides is 1. The highest BCUT2D eigenvalue weighted by molar-refractivity contribution is 6.00. The minimum Gasteiger partial charge on any atom is -0.449 e. The molecule has 2 aromatic carbocycles. The van der Waals surface area contributed by atoms with E-state index < -0.39 is 6.09 Å². The predicted molar refractivity (Wildman–Crippen MR) is 86.4 cm³/mol. The summed E-state index contributed by atoms with van der Waals surface area (Å²) >= 11 is 0. The van der Waals surface area contributed by atoms with Gasteiger partial charge in [0.1, 0.15) is 0 Å². The van der Waals surface area contributed by atoms with Gasteiger partial charge in [0.2, 0.25) is 0 Å². The first-order valence-corrected chi connectivity index (χ1v) is 7.43. The lowest BCUT2D eigenvalue weighted by atomic mass is 10.1. The van der Waals surface area contributed by atoms with E-state index in [4.69, 9.17) is 10.5 Å². The van der Waals surface area contributed by atoms with E-state index in [0.29, 0.717) is 6.61 Å². The van der Waals surface area contributed by atoms with E-state index in [9.17, 15) is 4.79 Å². The Hall–Kier alpha value is -2.07. The molecule has 1 amide bonds. The summed E-state index contributed by atoms with van der Waals surface area (Å²) in [6.45, 7) is 1.17. The smallest absolute Gasteiger partial charge is 0.411 e. The van der Waals surface area contributed by atoms with Gasteiger partial charge in [0.15, 0.2) is 0 Å². The standard InChI is InChI=1S/C17H22N2O2/c18-12-5-1-2-6-13-21-17(20)19-16-11-7-9-14-8-3-4-10-15(14)16/h3-4,7-11H,1-2,5-6,12-13,18H2,(H,19,20). The Labute approximate surface area is 125 Å². The average Bonchev–Trinajstić information content (AvgIpc) is 2.51. The van der Waals surface area contributed by atoms with Crippen LogP contribution >= 0.6 is 0 Å². The van der Waals surface area contributed by atoms with Crippen molar-refractivity contribution in [2.24, 2.45) is 5.73 Å². The molecule has 0 unspecified atom stereocenters. The fourth-order valence-corrected chi connectivity index (χ4v) is 2.25. The Morgan fingerprint density at radius 3 is 2.62 bits per heavy atom. The molecule has 0 radical (unpaired) electrons. The van der Waals surface area contributed by atoms with Crippen molar-refractivity contribution in [3.05, 3.63) is 42.5 Å². The third-order valence-electron chi connectivity index (χ3n) is 3.36. The largest absolute Gasteiger partial charge is 0.449 e. The van der Waals surface area contributed by atoms with Crippen LogP contribution in [-0.2, 0) is 4.74 Å². The molecule has 0 bridgehead atoms. The molecule has 2 aromatic rings. The van der Waals surface area contributed by atoms with Crippen molar-refractivity contribution in [1.82, 2.24) is 0 Å². The van der Waals surface area contributed by atoms with Gasteiger partial charge >= 0.3 is 6.09 Å². The van der Waals surface area contributed by atoms with Crippen LogP contribution in [0.5, 0.6) is 0 Å². The zero-order valence-electron chi connectivity index (χ0n) is 12.2. The maximum absolute atomic E-state index is 11.8. The fourth-order valence-electron chi connectivity index (χ4n) is 2.25. The highest BCUT2D eigenvalue weighted by Gasteiger charge is 2.05. The molecule has 4 heteroatoms. The molecule has 3 N–H and O–H groups in total. The number of benzene rings is 2. The lowest BCUT2D eigenvalue weighted by Crippen LogP contribution is -2.14. The summed E-state index contributed by atoms with van der Waals surface area (Å²) in [5.41, 5.74) is 6.21. The van der Waals surface area contributed by atoms with Gasteiger partial charge in [-0.1, -0.05) is 49.2 Å². The van der Waals surface area contributed by atoms with E-state index >= 15 is 0 Å².